The van der Waals surface area contributed by atoms with Gasteiger partial charge in [-0.25, -0.2) is 9.97 Å². The van der Waals surface area contributed by atoms with Crippen LogP contribution in [-0.2, 0) is 0 Å². The molecule has 5 nitrogen and oxygen atoms in total. The van der Waals surface area contributed by atoms with Gasteiger partial charge in [0.25, 0.3) is 5.91 Å². The normalized spacial score (nSPS) is 10.4. The Morgan fingerprint density at radius 3 is 2.44 bits per heavy atom. The van der Waals surface area contributed by atoms with Gasteiger partial charge in [-0.15, -0.1) is 0 Å². The van der Waals surface area contributed by atoms with Gasteiger partial charge in [-0.3, -0.25) is 4.79 Å². The van der Waals surface area contributed by atoms with Crippen LogP contribution in [0.1, 0.15) is 21.5 Å². The molecule has 0 aliphatic rings. The van der Waals surface area contributed by atoms with E-state index in [1.165, 1.54) is 12.4 Å². The van der Waals surface area contributed by atoms with E-state index < -0.39 is 0 Å². The number of anilines is 3. The first-order valence-corrected chi connectivity index (χ1v) is 8.12. The molecule has 0 saturated carbocycles. The fourth-order valence-electron chi connectivity index (χ4n) is 2.24. The van der Waals surface area contributed by atoms with Gasteiger partial charge in [-0.2, -0.15) is 0 Å². The van der Waals surface area contributed by atoms with Gasteiger partial charge in [-0.05, 0) is 49.2 Å². The Morgan fingerprint density at radius 2 is 1.76 bits per heavy atom. The zero-order chi connectivity index (χ0) is 17.8. The molecule has 0 aliphatic heterocycles. The van der Waals surface area contributed by atoms with Crippen molar-refractivity contribution in [1.29, 1.82) is 0 Å². The monoisotopic (exact) mass is 352 g/mol. The summed E-state index contributed by atoms with van der Waals surface area (Å²) in [6, 6.07) is 13.2. The highest BCUT2D eigenvalue weighted by Crippen LogP contribution is 2.21. The number of rotatable bonds is 4. The van der Waals surface area contributed by atoms with Crippen LogP contribution in [0.3, 0.4) is 0 Å². The van der Waals surface area contributed by atoms with Crippen LogP contribution >= 0.6 is 11.6 Å². The zero-order valence-corrected chi connectivity index (χ0v) is 14.6. The fraction of sp³-hybridized carbons (Fsp3) is 0.105. The molecule has 2 N–H and O–H groups in total. The summed E-state index contributed by atoms with van der Waals surface area (Å²) in [5.74, 6) is 0.141. The maximum absolute atomic E-state index is 12.2. The molecule has 1 heterocycles. The predicted molar refractivity (Wildman–Crippen MR) is 101 cm³/mol. The van der Waals surface area contributed by atoms with Crippen LogP contribution in [0.25, 0.3) is 0 Å². The summed E-state index contributed by atoms with van der Waals surface area (Å²) < 4.78 is 0. The van der Waals surface area contributed by atoms with Gasteiger partial charge in [-0.1, -0.05) is 29.8 Å². The van der Waals surface area contributed by atoms with Crippen LogP contribution < -0.4 is 10.6 Å². The lowest BCUT2D eigenvalue weighted by Gasteiger charge is -2.08. The summed E-state index contributed by atoms with van der Waals surface area (Å²) in [5.41, 5.74) is 3.98. The molecule has 0 unspecified atom stereocenters. The molecule has 0 aliphatic carbocycles. The Balaban J connectivity index is 1.69. The topological polar surface area (TPSA) is 66.9 Å². The predicted octanol–water partition coefficient (Wildman–Crippen LogP) is 4.74. The minimum Gasteiger partial charge on any atom is -0.324 e. The van der Waals surface area contributed by atoms with Crippen molar-refractivity contribution >= 4 is 34.8 Å². The summed E-state index contributed by atoms with van der Waals surface area (Å²) in [5, 5.41) is 6.55. The standard InChI is InChI=1S/C19H17ClN4O/c1-12-4-3-5-15(8-12)23-18(25)14-10-21-19(22-11-14)24-16-7-6-13(2)17(20)9-16/h3-11H,1-2H3,(H,23,25)(H,21,22,24). The summed E-state index contributed by atoms with van der Waals surface area (Å²) >= 11 is 6.10. The van der Waals surface area contributed by atoms with Gasteiger partial charge in [0.15, 0.2) is 0 Å². The lowest BCUT2D eigenvalue weighted by molar-refractivity contribution is 0.102. The molecule has 6 heteroatoms. The van der Waals surface area contributed by atoms with Gasteiger partial charge < -0.3 is 10.6 Å². The number of benzene rings is 2. The minimum atomic E-state index is -0.254. The van der Waals surface area contributed by atoms with Crippen molar-refractivity contribution in [2.24, 2.45) is 0 Å². The average molecular weight is 353 g/mol. The van der Waals surface area contributed by atoms with Crippen LogP contribution in [0, 0.1) is 13.8 Å². The van der Waals surface area contributed by atoms with Crippen molar-refractivity contribution in [3.63, 3.8) is 0 Å². The van der Waals surface area contributed by atoms with Crippen molar-refractivity contribution in [1.82, 2.24) is 9.97 Å². The van der Waals surface area contributed by atoms with E-state index in [0.29, 0.717) is 16.5 Å². The van der Waals surface area contributed by atoms with Gasteiger partial charge in [0.2, 0.25) is 5.95 Å². The third-order valence-corrected chi connectivity index (χ3v) is 4.03. The second-order valence-corrected chi connectivity index (χ2v) is 6.12. The van der Waals surface area contributed by atoms with E-state index in [1.54, 1.807) is 6.07 Å². The number of aryl methyl sites for hydroxylation is 2. The fourth-order valence-corrected chi connectivity index (χ4v) is 2.42. The molecule has 3 rings (SSSR count). The van der Waals surface area contributed by atoms with E-state index in [1.807, 2.05) is 50.2 Å². The van der Waals surface area contributed by atoms with Crippen molar-refractivity contribution in [3.05, 3.63) is 76.6 Å². The summed E-state index contributed by atoms with van der Waals surface area (Å²) in [4.78, 5) is 20.6. The molecule has 0 radical (unpaired) electrons. The summed E-state index contributed by atoms with van der Waals surface area (Å²) in [6.45, 7) is 3.90. The molecule has 0 bridgehead atoms. The van der Waals surface area contributed by atoms with Crippen molar-refractivity contribution in [2.45, 2.75) is 13.8 Å². The van der Waals surface area contributed by atoms with Crippen molar-refractivity contribution in [3.8, 4) is 0 Å². The Morgan fingerprint density at radius 1 is 1.00 bits per heavy atom. The van der Waals surface area contributed by atoms with E-state index in [0.717, 1.165) is 22.5 Å². The van der Waals surface area contributed by atoms with E-state index in [2.05, 4.69) is 20.6 Å². The molecule has 126 valence electrons. The number of hydrogen-bond acceptors (Lipinski definition) is 4. The third kappa shape index (κ3) is 4.33. The van der Waals surface area contributed by atoms with Crippen LogP contribution in [0.15, 0.2) is 54.9 Å². The Hall–Kier alpha value is -2.92. The number of carbonyl (C=O) groups is 1. The summed E-state index contributed by atoms with van der Waals surface area (Å²) in [6.07, 6.45) is 2.96. The van der Waals surface area contributed by atoms with Gasteiger partial charge in [0.1, 0.15) is 0 Å². The molecular weight excluding hydrogens is 336 g/mol. The van der Waals surface area contributed by atoms with Gasteiger partial charge in [0, 0.05) is 28.8 Å². The molecule has 3 aromatic rings. The molecule has 0 saturated heterocycles. The van der Waals surface area contributed by atoms with Gasteiger partial charge in [0.05, 0.1) is 5.56 Å². The Kier molecular flexibility index (Phi) is 4.95. The zero-order valence-electron chi connectivity index (χ0n) is 13.9. The molecular formula is C19H17ClN4O. The first-order chi connectivity index (χ1) is 12.0. The molecule has 1 amide bonds. The van der Waals surface area contributed by atoms with E-state index in [4.69, 9.17) is 11.6 Å². The lowest BCUT2D eigenvalue weighted by atomic mass is 10.2. The highest BCUT2D eigenvalue weighted by atomic mass is 35.5. The molecule has 1 aromatic heterocycles. The quantitative estimate of drug-likeness (QED) is 0.711. The highest BCUT2D eigenvalue weighted by Gasteiger charge is 2.08. The summed E-state index contributed by atoms with van der Waals surface area (Å²) in [7, 11) is 0. The number of nitrogens with zero attached hydrogens (tertiary/aromatic N) is 2. The number of nitrogens with one attached hydrogen (secondary N) is 2. The van der Waals surface area contributed by atoms with Crippen LogP contribution in [-0.4, -0.2) is 15.9 Å². The van der Waals surface area contributed by atoms with E-state index >= 15 is 0 Å². The van der Waals surface area contributed by atoms with E-state index in [-0.39, 0.29) is 5.91 Å². The third-order valence-electron chi connectivity index (χ3n) is 3.62. The van der Waals surface area contributed by atoms with Crippen molar-refractivity contribution in [2.75, 3.05) is 10.6 Å². The van der Waals surface area contributed by atoms with Crippen molar-refractivity contribution < 1.29 is 4.79 Å². The highest BCUT2D eigenvalue weighted by molar-refractivity contribution is 6.31. The Labute approximate surface area is 151 Å². The van der Waals surface area contributed by atoms with Crippen LogP contribution in [0.2, 0.25) is 5.02 Å². The SMILES string of the molecule is Cc1cccc(NC(=O)c2cnc(Nc3ccc(C)c(Cl)c3)nc2)c1. The maximum atomic E-state index is 12.2. The molecule has 25 heavy (non-hydrogen) atoms. The second kappa shape index (κ2) is 7.32. The average Bonchev–Trinajstić information content (AvgIpc) is 2.59. The number of aromatic nitrogens is 2. The number of halogens is 1. The van der Waals surface area contributed by atoms with Crippen LogP contribution in [0.5, 0.6) is 0 Å². The molecule has 0 atom stereocenters. The van der Waals surface area contributed by atoms with Gasteiger partial charge >= 0.3 is 0 Å². The smallest absolute Gasteiger partial charge is 0.258 e. The Bertz CT molecular complexity index is 910. The lowest BCUT2D eigenvalue weighted by Crippen LogP contribution is -2.13. The molecule has 0 spiro atoms. The second-order valence-electron chi connectivity index (χ2n) is 5.71. The first-order valence-electron chi connectivity index (χ1n) is 7.74. The first kappa shape index (κ1) is 16.9. The van der Waals surface area contributed by atoms with E-state index in [9.17, 15) is 4.79 Å². The maximum Gasteiger partial charge on any atom is 0.258 e. The number of hydrogen-bond donors (Lipinski definition) is 2. The number of carbonyl (C=O) groups excluding carboxylic acids is 1. The molecule has 2 aromatic carbocycles. The number of amides is 1. The molecule has 0 fully saturated rings. The largest absolute Gasteiger partial charge is 0.324 e. The van der Waals surface area contributed by atoms with Crippen LogP contribution in [0.4, 0.5) is 17.3 Å². The minimum absolute atomic E-state index is 0.254.